The standard InChI is InChI=1S/C7H11BrO3S/c1-5-3-12-4-7(10-5)11-6(9)2-8/h5,7H,2-4H2,1H3. The van der Waals surface area contributed by atoms with E-state index in [2.05, 4.69) is 15.9 Å². The maximum atomic E-state index is 10.8. The molecule has 0 amide bonds. The molecular weight excluding hydrogens is 244 g/mol. The molecule has 1 saturated heterocycles. The monoisotopic (exact) mass is 254 g/mol. The van der Waals surface area contributed by atoms with Gasteiger partial charge in [-0.3, -0.25) is 4.79 Å². The van der Waals surface area contributed by atoms with Gasteiger partial charge in [0.2, 0.25) is 6.29 Å². The van der Waals surface area contributed by atoms with Crippen molar-refractivity contribution in [2.45, 2.75) is 19.3 Å². The lowest BCUT2D eigenvalue weighted by Gasteiger charge is -2.26. The lowest BCUT2D eigenvalue weighted by molar-refractivity contribution is -0.178. The number of carbonyl (C=O) groups is 1. The maximum Gasteiger partial charge on any atom is 0.318 e. The van der Waals surface area contributed by atoms with Crippen LogP contribution in [0.2, 0.25) is 0 Å². The molecule has 3 nitrogen and oxygen atoms in total. The van der Waals surface area contributed by atoms with Gasteiger partial charge in [-0.1, -0.05) is 15.9 Å². The van der Waals surface area contributed by atoms with Crippen LogP contribution in [0.15, 0.2) is 0 Å². The molecule has 0 aromatic carbocycles. The van der Waals surface area contributed by atoms with E-state index in [1.165, 1.54) is 0 Å². The molecule has 0 radical (unpaired) electrons. The first-order valence-corrected chi connectivity index (χ1v) is 5.98. The Labute approximate surface area is 84.3 Å². The number of halogens is 1. The van der Waals surface area contributed by atoms with Crippen molar-refractivity contribution in [3.63, 3.8) is 0 Å². The lowest BCUT2D eigenvalue weighted by Crippen LogP contribution is -2.33. The Morgan fingerprint density at radius 2 is 2.50 bits per heavy atom. The molecule has 1 heterocycles. The average Bonchev–Trinajstić information content (AvgIpc) is 2.04. The molecule has 0 N–H and O–H groups in total. The third-order valence-corrected chi connectivity index (χ3v) is 3.03. The summed E-state index contributed by atoms with van der Waals surface area (Å²) in [5.74, 6) is 1.44. The minimum absolute atomic E-state index is 0.178. The van der Waals surface area contributed by atoms with Gasteiger partial charge in [-0.25, -0.2) is 0 Å². The summed E-state index contributed by atoms with van der Waals surface area (Å²) in [7, 11) is 0. The van der Waals surface area contributed by atoms with Gasteiger partial charge in [-0.05, 0) is 6.92 Å². The number of hydrogen-bond donors (Lipinski definition) is 0. The highest BCUT2D eigenvalue weighted by atomic mass is 79.9. The average molecular weight is 255 g/mol. The van der Waals surface area contributed by atoms with Crippen LogP contribution >= 0.6 is 27.7 Å². The second-order valence-corrected chi connectivity index (χ2v) is 4.17. The van der Waals surface area contributed by atoms with Crippen LogP contribution in [0.1, 0.15) is 6.92 Å². The molecule has 12 heavy (non-hydrogen) atoms. The van der Waals surface area contributed by atoms with E-state index in [1.54, 1.807) is 11.8 Å². The molecule has 1 rings (SSSR count). The fourth-order valence-electron chi connectivity index (χ4n) is 0.908. The van der Waals surface area contributed by atoms with Gasteiger partial charge < -0.3 is 9.47 Å². The van der Waals surface area contributed by atoms with Crippen LogP contribution in [0.25, 0.3) is 0 Å². The molecule has 5 heteroatoms. The highest BCUT2D eigenvalue weighted by Gasteiger charge is 2.22. The van der Waals surface area contributed by atoms with Crippen LogP contribution in [0.5, 0.6) is 0 Å². The predicted molar refractivity (Wildman–Crippen MR) is 51.5 cm³/mol. The number of alkyl halides is 1. The number of ether oxygens (including phenoxy) is 2. The number of hydrogen-bond acceptors (Lipinski definition) is 4. The van der Waals surface area contributed by atoms with Crippen molar-refractivity contribution in [3.8, 4) is 0 Å². The third kappa shape index (κ3) is 3.33. The van der Waals surface area contributed by atoms with Gasteiger partial charge in [0.25, 0.3) is 0 Å². The molecule has 1 aliphatic rings. The summed E-state index contributed by atoms with van der Waals surface area (Å²) in [6, 6.07) is 0. The first-order chi connectivity index (χ1) is 5.72. The molecule has 1 aliphatic heterocycles. The maximum absolute atomic E-state index is 10.8. The Balaban J connectivity index is 2.27. The molecule has 70 valence electrons. The largest absolute Gasteiger partial charge is 0.434 e. The van der Waals surface area contributed by atoms with Crippen molar-refractivity contribution >= 4 is 33.7 Å². The Hall–Kier alpha value is 0.260. The molecular formula is C7H11BrO3S. The highest BCUT2D eigenvalue weighted by molar-refractivity contribution is 9.09. The van der Waals surface area contributed by atoms with Crippen molar-refractivity contribution < 1.29 is 14.3 Å². The van der Waals surface area contributed by atoms with Gasteiger partial charge >= 0.3 is 5.97 Å². The van der Waals surface area contributed by atoms with Crippen molar-refractivity contribution in [1.82, 2.24) is 0 Å². The van der Waals surface area contributed by atoms with Crippen LogP contribution in [-0.2, 0) is 14.3 Å². The first kappa shape index (κ1) is 10.3. The summed E-state index contributed by atoms with van der Waals surface area (Å²) in [5, 5.41) is 0.228. The Bertz CT molecular complexity index is 165. The number of esters is 1. The van der Waals surface area contributed by atoms with Crippen LogP contribution in [0.3, 0.4) is 0 Å². The minimum Gasteiger partial charge on any atom is -0.434 e. The Morgan fingerprint density at radius 1 is 1.75 bits per heavy atom. The van der Waals surface area contributed by atoms with E-state index in [0.717, 1.165) is 11.5 Å². The second kappa shape index (κ2) is 5.09. The SMILES string of the molecule is CC1CSCC(OC(=O)CBr)O1. The van der Waals surface area contributed by atoms with E-state index >= 15 is 0 Å². The number of carbonyl (C=O) groups excluding carboxylic acids is 1. The van der Waals surface area contributed by atoms with Gasteiger partial charge in [0.15, 0.2) is 0 Å². The Morgan fingerprint density at radius 3 is 3.08 bits per heavy atom. The fraction of sp³-hybridized carbons (Fsp3) is 0.857. The van der Waals surface area contributed by atoms with Crippen molar-refractivity contribution in [2.24, 2.45) is 0 Å². The smallest absolute Gasteiger partial charge is 0.318 e. The van der Waals surface area contributed by atoms with Crippen LogP contribution < -0.4 is 0 Å². The molecule has 0 aromatic rings. The second-order valence-electron chi connectivity index (χ2n) is 2.54. The minimum atomic E-state index is -0.358. The molecule has 2 unspecified atom stereocenters. The summed E-state index contributed by atoms with van der Waals surface area (Å²) in [5.41, 5.74) is 0. The van der Waals surface area contributed by atoms with Gasteiger partial charge in [0.1, 0.15) is 5.33 Å². The van der Waals surface area contributed by atoms with Crippen molar-refractivity contribution in [2.75, 3.05) is 16.8 Å². The van der Waals surface area contributed by atoms with Gasteiger partial charge in [-0.2, -0.15) is 11.8 Å². The Kier molecular flexibility index (Phi) is 4.39. The normalized spacial score (nSPS) is 29.8. The zero-order valence-electron chi connectivity index (χ0n) is 6.79. The fourth-order valence-corrected chi connectivity index (χ4v) is 1.93. The summed E-state index contributed by atoms with van der Waals surface area (Å²) in [6.45, 7) is 1.97. The van der Waals surface area contributed by atoms with Crippen molar-refractivity contribution in [3.05, 3.63) is 0 Å². The van der Waals surface area contributed by atoms with Gasteiger partial charge in [0.05, 0.1) is 11.9 Å². The summed E-state index contributed by atoms with van der Waals surface area (Å²) >= 11 is 4.77. The predicted octanol–water partition coefficient (Wildman–Crippen LogP) is 1.40. The molecule has 0 bridgehead atoms. The first-order valence-electron chi connectivity index (χ1n) is 3.71. The molecule has 0 aliphatic carbocycles. The van der Waals surface area contributed by atoms with Crippen LogP contribution in [0, 0.1) is 0 Å². The topological polar surface area (TPSA) is 35.5 Å². The molecule has 2 atom stereocenters. The summed E-state index contributed by atoms with van der Waals surface area (Å²) in [6.07, 6.45) is -0.180. The summed E-state index contributed by atoms with van der Waals surface area (Å²) in [4.78, 5) is 10.8. The quantitative estimate of drug-likeness (QED) is 0.552. The highest BCUT2D eigenvalue weighted by Crippen LogP contribution is 2.18. The zero-order chi connectivity index (χ0) is 8.97. The van der Waals surface area contributed by atoms with Crippen LogP contribution in [0.4, 0.5) is 0 Å². The van der Waals surface area contributed by atoms with E-state index < -0.39 is 0 Å². The van der Waals surface area contributed by atoms with E-state index in [0.29, 0.717) is 0 Å². The van der Waals surface area contributed by atoms with E-state index in [4.69, 9.17) is 9.47 Å². The summed E-state index contributed by atoms with van der Waals surface area (Å²) < 4.78 is 10.4. The van der Waals surface area contributed by atoms with E-state index in [9.17, 15) is 4.79 Å². The molecule has 0 saturated carbocycles. The number of thioether (sulfide) groups is 1. The van der Waals surface area contributed by atoms with E-state index in [-0.39, 0.29) is 23.7 Å². The van der Waals surface area contributed by atoms with Gasteiger partial charge in [-0.15, -0.1) is 0 Å². The third-order valence-electron chi connectivity index (χ3n) is 1.36. The van der Waals surface area contributed by atoms with Crippen LogP contribution in [-0.4, -0.2) is 35.2 Å². The van der Waals surface area contributed by atoms with E-state index in [1.807, 2.05) is 6.92 Å². The molecule has 1 fully saturated rings. The zero-order valence-corrected chi connectivity index (χ0v) is 9.19. The lowest BCUT2D eigenvalue weighted by atomic mass is 10.4. The van der Waals surface area contributed by atoms with Crippen molar-refractivity contribution in [1.29, 1.82) is 0 Å². The molecule has 0 spiro atoms. The van der Waals surface area contributed by atoms with Gasteiger partial charge in [0, 0.05) is 5.75 Å². The number of rotatable bonds is 2. The molecule has 0 aromatic heterocycles.